The van der Waals surface area contributed by atoms with Gasteiger partial charge in [0.15, 0.2) is 0 Å². The number of rotatable bonds is 2. The van der Waals surface area contributed by atoms with E-state index in [1.807, 2.05) is 0 Å². The molecule has 118 valence electrons. The molecule has 0 aromatic rings. The number of fused-ring (bicyclic) bond motifs is 5. The highest BCUT2D eigenvalue weighted by Crippen LogP contribution is 2.66. The molecule has 1 nitrogen and oxygen atoms in total. The molecule has 0 heterocycles. The van der Waals surface area contributed by atoms with Crippen LogP contribution >= 0.6 is 0 Å². The van der Waals surface area contributed by atoms with Crippen molar-refractivity contribution in [1.29, 1.82) is 0 Å². The van der Waals surface area contributed by atoms with Crippen molar-refractivity contribution in [2.45, 2.75) is 84.0 Å². The number of carbonyl (C=O) groups is 1. The minimum absolute atomic E-state index is 0.431. The van der Waals surface area contributed by atoms with Gasteiger partial charge < -0.3 is 4.79 Å². The minimum Gasteiger partial charge on any atom is -0.303 e. The lowest BCUT2D eigenvalue weighted by atomic mass is 9.45. The van der Waals surface area contributed by atoms with Crippen LogP contribution in [0.3, 0.4) is 0 Å². The molecule has 0 saturated heterocycles. The van der Waals surface area contributed by atoms with Crippen LogP contribution in [0.15, 0.2) is 0 Å². The zero-order valence-electron chi connectivity index (χ0n) is 13.8. The van der Waals surface area contributed by atoms with Crippen molar-refractivity contribution in [1.82, 2.24) is 0 Å². The summed E-state index contributed by atoms with van der Waals surface area (Å²) in [6.07, 6.45) is 18.0. The van der Waals surface area contributed by atoms with Crippen LogP contribution in [0.1, 0.15) is 84.0 Å². The Kier molecular flexibility index (Phi) is 3.47. The maximum atomic E-state index is 11.3. The van der Waals surface area contributed by atoms with Crippen LogP contribution in [-0.4, -0.2) is 6.29 Å². The summed E-state index contributed by atoms with van der Waals surface area (Å²) < 4.78 is 0. The van der Waals surface area contributed by atoms with Crippen LogP contribution in [0, 0.1) is 34.5 Å². The molecule has 6 atom stereocenters. The summed E-state index contributed by atoms with van der Waals surface area (Å²) in [7, 11) is 0. The SMILES string of the molecule is C[C@]12CCCCC1CC[C@H]1[C@@H]3CCC[C@@]3(CC=O)CC[C@@H]12. The Hall–Kier alpha value is -0.330. The molecule has 4 fully saturated rings. The van der Waals surface area contributed by atoms with Crippen molar-refractivity contribution < 1.29 is 4.79 Å². The summed E-state index contributed by atoms with van der Waals surface area (Å²) in [6, 6.07) is 0. The predicted octanol–water partition coefficient (Wildman–Crippen LogP) is 5.38. The first-order valence-electron chi connectivity index (χ1n) is 9.63. The van der Waals surface area contributed by atoms with Crippen molar-refractivity contribution in [3.8, 4) is 0 Å². The molecule has 0 spiro atoms. The Morgan fingerprint density at radius 3 is 2.67 bits per heavy atom. The second kappa shape index (κ2) is 5.10. The van der Waals surface area contributed by atoms with E-state index in [1.165, 1.54) is 76.9 Å². The Morgan fingerprint density at radius 1 is 0.905 bits per heavy atom. The van der Waals surface area contributed by atoms with Crippen molar-refractivity contribution in [2.24, 2.45) is 34.5 Å². The van der Waals surface area contributed by atoms with Gasteiger partial charge in [0.25, 0.3) is 0 Å². The smallest absolute Gasteiger partial charge is 0.120 e. The van der Waals surface area contributed by atoms with Crippen molar-refractivity contribution in [3.05, 3.63) is 0 Å². The highest BCUT2D eigenvalue weighted by Gasteiger charge is 2.58. The van der Waals surface area contributed by atoms with Crippen molar-refractivity contribution in [3.63, 3.8) is 0 Å². The molecule has 4 rings (SSSR count). The van der Waals surface area contributed by atoms with Crippen LogP contribution < -0.4 is 0 Å². The minimum atomic E-state index is 0.431. The predicted molar refractivity (Wildman–Crippen MR) is 86.0 cm³/mol. The molecule has 4 aliphatic carbocycles. The van der Waals surface area contributed by atoms with Gasteiger partial charge in [-0.15, -0.1) is 0 Å². The molecule has 1 unspecified atom stereocenters. The third-order valence-electron chi connectivity index (χ3n) is 8.60. The van der Waals surface area contributed by atoms with Gasteiger partial charge >= 0.3 is 0 Å². The van der Waals surface area contributed by atoms with Gasteiger partial charge in [-0.2, -0.15) is 0 Å². The third-order valence-corrected chi connectivity index (χ3v) is 8.60. The maximum Gasteiger partial charge on any atom is 0.120 e. The molecule has 4 aliphatic rings. The average Bonchev–Trinajstić information content (AvgIpc) is 2.91. The fourth-order valence-corrected chi connectivity index (χ4v) is 7.61. The van der Waals surface area contributed by atoms with Crippen LogP contribution in [-0.2, 0) is 4.79 Å². The fourth-order valence-electron chi connectivity index (χ4n) is 7.61. The molecule has 0 radical (unpaired) electrons. The molecular formula is C20H32O. The first-order chi connectivity index (χ1) is 10.2. The highest BCUT2D eigenvalue weighted by molar-refractivity contribution is 5.51. The summed E-state index contributed by atoms with van der Waals surface area (Å²) in [5.41, 5.74) is 1.08. The molecule has 0 N–H and O–H groups in total. The van der Waals surface area contributed by atoms with E-state index in [9.17, 15) is 4.79 Å². The Labute approximate surface area is 130 Å². The summed E-state index contributed by atoms with van der Waals surface area (Å²) in [5, 5.41) is 0. The number of aldehydes is 1. The van der Waals surface area contributed by atoms with Gasteiger partial charge in [0.2, 0.25) is 0 Å². The topological polar surface area (TPSA) is 17.1 Å². The van der Waals surface area contributed by atoms with E-state index in [2.05, 4.69) is 6.92 Å². The van der Waals surface area contributed by atoms with Crippen LogP contribution in [0.2, 0.25) is 0 Å². The Balaban J connectivity index is 1.63. The van der Waals surface area contributed by atoms with E-state index in [0.29, 0.717) is 10.8 Å². The van der Waals surface area contributed by atoms with Gasteiger partial charge in [0, 0.05) is 6.42 Å². The number of hydrogen-bond acceptors (Lipinski definition) is 1. The van der Waals surface area contributed by atoms with E-state index < -0.39 is 0 Å². The molecule has 0 amide bonds. The van der Waals surface area contributed by atoms with Gasteiger partial charge in [-0.1, -0.05) is 26.2 Å². The zero-order chi connectivity index (χ0) is 14.5. The first-order valence-corrected chi connectivity index (χ1v) is 9.63. The molecular weight excluding hydrogens is 256 g/mol. The van der Waals surface area contributed by atoms with Crippen LogP contribution in [0.25, 0.3) is 0 Å². The second-order valence-corrected chi connectivity index (χ2v) is 9.07. The van der Waals surface area contributed by atoms with Crippen molar-refractivity contribution >= 4 is 6.29 Å². The van der Waals surface area contributed by atoms with E-state index in [4.69, 9.17) is 0 Å². The third kappa shape index (κ3) is 1.98. The summed E-state index contributed by atoms with van der Waals surface area (Å²) in [4.78, 5) is 11.3. The van der Waals surface area contributed by atoms with Gasteiger partial charge in [-0.25, -0.2) is 0 Å². The number of carbonyl (C=O) groups excluding carboxylic acids is 1. The molecule has 0 bridgehead atoms. The standard InChI is InChI=1S/C20H32O/c1-19-10-3-2-5-15(19)7-8-16-17(19)9-12-20(13-14-21)11-4-6-18(16)20/h14-18H,2-13H2,1H3/t15?,16-,17+,18+,19+,20+/m1/s1. The lowest BCUT2D eigenvalue weighted by Crippen LogP contribution is -2.52. The normalized spacial score (nSPS) is 52.6. The number of hydrogen-bond donors (Lipinski definition) is 0. The van der Waals surface area contributed by atoms with Crippen LogP contribution in [0.5, 0.6) is 0 Å². The fraction of sp³-hybridized carbons (Fsp3) is 0.950. The lowest BCUT2D eigenvalue weighted by Gasteiger charge is -2.60. The zero-order valence-corrected chi connectivity index (χ0v) is 13.8. The second-order valence-electron chi connectivity index (χ2n) is 9.07. The maximum absolute atomic E-state index is 11.3. The molecule has 4 saturated carbocycles. The summed E-state index contributed by atoms with van der Waals surface area (Å²) in [6.45, 7) is 2.65. The first kappa shape index (κ1) is 14.3. The molecule has 0 aliphatic heterocycles. The van der Waals surface area contributed by atoms with Gasteiger partial charge in [0.1, 0.15) is 6.29 Å². The quantitative estimate of drug-likeness (QED) is 0.624. The average molecular weight is 288 g/mol. The highest BCUT2D eigenvalue weighted by atomic mass is 16.1. The van der Waals surface area contributed by atoms with E-state index >= 15 is 0 Å². The molecule has 0 aromatic heterocycles. The van der Waals surface area contributed by atoms with Crippen molar-refractivity contribution in [2.75, 3.05) is 0 Å². The largest absolute Gasteiger partial charge is 0.303 e. The Morgan fingerprint density at radius 2 is 1.81 bits per heavy atom. The van der Waals surface area contributed by atoms with Crippen LogP contribution in [0.4, 0.5) is 0 Å². The molecule has 21 heavy (non-hydrogen) atoms. The summed E-state index contributed by atoms with van der Waals surface area (Å²) in [5.74, 6) is 3.86. The summed E-state index contributed by atoms with van der Waals surface area (Å²) >= 11 is 0. The Bertz CT molecular complexity index is 416. The van der Waals surface area contributed by atoms with E-state index in [0.717, 1.165) is 30.1 Å². The molecule has 0 aromatic carbocycles. The van der Waals surface area contributed by atoms with Gasteiger partial charge in [-0.05, 0) is 85.9 Å². The van der Waals surface area contributed by atoms with Gasteiger partial charge in [0.05, 0.1) is 0 Å². The molecule has 1 heteroatoms. The van der Waals surface area contributed by atoms with E-state index in [-0.39, 0.29) is 0 Å². The van der Waals surface area contributed by atoms with E-state index in [1.54, 1.807) is 0 Å². The van der Waals surface area contributed by atoms with Gasteiger partial charge in [-0.3, -0.25) is 0 Å². The monoisotopic (exact) mass is 288 g/mol. The lowest BCUT2D eigenvalue weighted by molar-refractivity contribution is -0.122.